The Morgan fingerprint density at radius 3 is 1.86 bits per heavy atom. The van der Waals surface area contributed by atoms with Gasteiger partial charge in [0.1, 0.15) is 0 Å². The molecule has 114 valence electrons. The van der Waals surface area contributed by atoms with Crippen LogP contribution >= 0.6 is 0 Å². The second kappa shape index (κ2) is 6.30. The maximum atomic E-state index is 12.0. The summed E-state index contributed by atoms with van der Waals surface area (Å²) in [5, 5.41) is 0. The average Bonchev–Trinajstić information content (AvgIpc) is 2.52. The molecule has 0 saturated heterocycles. The van der Waals surface area contributed by atoms with Crippen molar-refractivity contribution in [2.24, 2.45) is 0 Å². The summed E-state index contributed by atoms with van der Waals surface area (Å²) in [6, 6.07) is 15.6. The third-order valence-corrected chi connectivity index (χ3v) is 2.80. The molecule has 4 nitrogen and oxygen atoms in total. The molecule has 0 aliphatic carbocycles. The Bertz CT molecular complexity index is 667. The largest absolute Gasteiger partial charge is 0.472 e. The van der Waals surface area contributed by atoms with Gasteiger partial charge in [0.25, 0.3) is 5.91 Å². The summed E-state index contributed by atoms with van der Waals surface area (Å²) in [7, 11) is 0. The number of halogens is 3. The van der Waals surface area contributed by atoms with E-state index < -0.39 is 18.0 Å². The van der Waals surface area contributed by atoms with Crippen LogP contribution in [0, 0.1) is 0 Å². The summed E-state index contributed by atoms with van der Waals surface area (Å²) in [6.45, 7) is 0. The topological polar surface area (TPSA) is 58.2 Å². The molecule has 0 aromatic heterocycles. The Morgan fingerprint density at radius 2 is 1.32 bits per heavy atom. The lowest BCUT2D eigenvalue weighted by molar-refractivity contribution is -0.174. The van der Waals surface area contributed by atoms with E-state index in [1.165, 1.54) is 17.6 Å². The third kappa shape index (κ3) is 3.85. The predicted molar refractivity (Wildman–Crippen MR) is 73.5 cm³/mol. The van der Waals surface area contributed by atoms with Crippen LogP contribution in [0.25, 0.3) is 11.1 Å². The third-order valence-electron chi connectivity index (χ3n) is 2.80. The van der Waals surface area contributed by atoms with Gasteiger partial charge >= 0.3 is 12.1 Å². The molecule has 2 amide bonds. The quantitative estimate of drug-likeness (QED) is 0.838. The van der Waals surface area contributed by atoms with Gasteiger partial charge in [0.15, 0.2) is 0 Å². The van der Waals surface area contributed by atoms with Gasteiger partial charge in [0, 0.05) is 5.56 Å². The van der Waals surface area contributed by atoms with Gasteiger partial charge in [-0.2, -0.15) is 13.2 Å². The van der Waals surface area contributed by atoms with Gasteiger partial charge in [0.05, 0.1) is 0 Å². The second-order valence-corrected chi connectivity index (χ2v) is 4.35. The molecule has 0 saturated carbocycles. The van der Waals surface area contributed by atoms with Crippen LogP contribution in [0.5, 0.6) is 0 Å². The van der Waals surface area contributed by atoms with Gasteiger partial charge in [-0.1, -0.05) is 42.5 Å². The van der Waals surface area contributed by atoms with Crippen LogP contribution in [0.3, 0.4) is 0 Å². The molecule has 0 radical (unpaired) electrons. The van der Waals surface area contributed by atoms with Crippen LogP contribution in [0.15, 0.2) is 54.6 Å². The highest BCUT2D eigenvalue weighted by Gasteiger charge is 2.38. The van der Waals surface area contributed by atoms with E-state index in [-0.39, 0.29) is 5.56 Å². The van der Waals surface area contributed by atoms with E-state index in [1.807, 2.05) is 30.3 Å². The van der Waals surface area contributed by atoms with Crippen molar-refractivity contribution in [1.82, 2.24) is 10.9 Å². The highest BCUT2D eigenvalue weighted by atomic mass is 19.4. The van der Waals surface area contributed by atoms with E-state index in [0.29, 0.717) is 0 Å². The van der Waals surface area contributed by atoms with Gasteiger partial charge in [-0.15, -0.1) is 0 Å². The summed E-state index contributed by atoms with van der Waals surface area (Å²) in [5.41, 5.74) is 4.94. The zero-order chi connectivity index (χ0) is 16.2. The van der Waals surface area contributed by atoms with Gasteiger partial charge in [0.2, 0.25) is 0 Å². The summed E-state index contributed by atoms with van der Waals surface area (Å²) in [6.07, 6.45) is -5.05. The summed E-state index contributed by atoms with van der Waals surface area (Å²) >= 11 is 0. The Kier molecular flexibility index (Phi) is 4.45. The minimum atomic E-state index is -5.05. The van der Waals surface area contributed by atoms with Crippen molar-refractivity contribution in [2.45, 2.75) is 6.18 Å². The van der Waals surface area contributed by atoms with Crippen molar-refractivity contribution in [2.75, 3.05) is 0 Å². The Labute approximate surface area is 123 Å². The van der Waals surface area contributed by atoms with Gasteiger partial charge in [-0.25, -0.2) is 0 Å². The smallest absolute Gasteiger partial charge is 0.267 e. The number of amides is 2. The molecule has 0 spiro atoms. The van der Waals surface area contributed by atoms with E-state index in [9.17, 15) is 22.8 Å². The van der Waals surface area contributed by atoms with Crippen molar-refractivity contribution in [1.29, 1.82) is 0 Å². The summed E-state index contributed by atoms with van der Waals surface area (Å²) < 4.78 is 35.9. The van der Waals surface area contributed by atoms with Crippen molar-refractivity contribution in [3.05, 3.63) is 60.2 Å². The molecule has 7 heteroatoms. The standard InChI is InChI=1S/C15H11F3N2O2/c16-15(17,18)14(22)20-19-13(21)12-8-6-11(7-9-12)10-4-2-1-3-5-10/h1-9H,(H,19,21)(H,20,22). The number of nitrogens with one attached hydrogen (secondary N) is 2. The van der Waals surface area contributed by atoms with Gasteiger partial charge in [-0.3, -0.25) is 20.4 Å². The summed E-state index contributed by atoms with van der Waals surface area (Å²) in [4.78, 5) is 22.2. The van der Waals surface area contributed by atoms with E-state index >= 15 is 0 Å². The number of benzene rings is 2. The molecule has 2 aromatic rings. The van der Waals surface area contributed by atoms with Gasteiger partial charge in [-0.05, 0) is 23.3 Å². The average molecular weight is 308 g/mol. The minimum Gasteiger partial charge on any atom is -0.267 e. The first kappa shape index (κ1) is 15.6. The zero-order valence-electron chi connectivity index (χ0n) is 11.1. The first-order valence-electron chi connectivity index (χ1n) is 6.21. The minimum absolute atomic E-state index is 0.127. The first-order valence-corrected chi connectivity index (χ1v) is 6.21. The SMILES string of the molecule is O=C(NNC(=O)C(F)(F)F)c1ccc(-c2ccccc2)cc1. The molecule has 2 aromatic carbocycles. The Balaban J connectivity index is 2.02. The lowest BCUT2D eigenvalue weighted by Gasteiger charge is -2.09. The van der Waals surface area contributed by atoms with Crippen LogP contribution in [0.1, 0.15) is 10.4 Å². The first-order chi connectivity index (χ1) is 10.4. The molecule has 0 fully saturated rings. The maximum absolute atomic E-state index is 12.0. The fourth-order valence-corrected chi connectivity index (χ4v) is 1.70. The van der Waals surface area contributed by atoms with Crippen LogP contribution in [-0.2, 0) is 4.79 Å². The van der Waals surface area contributed by atoms with Crippen molar-refractivity contribution in [3.63, 3.8) is 0 Å². The van der Waals surface area contributed by atoms with Crippen LogP contribution in [-0.4, -0.2) is 18.0 Å². The molecular formula is C15H11F3N2O2. The lowest BCUT2D eigenvalue weighted by atomic mass is 10.0. The molecule has 0 aliphatic heterocycles. The second-order valence-electron chi connectivity index (χ2n) is 4.35. The normalized spacial score (nSPS) is 10.9. The number of carbonyl (C=O) groups is 2. The molecule has 0 aliphatic rings. The molecule has 2 N–H and O–H groups in total. The number of rotatable bonds is 2. The summed E-state index contributed by atoms with van der Waals surface area (Å²) in [5.74, 6) is -3.07. The van der Waals surface area contributed by atoms with Gasteiger partial charge < -0.3 is 0 Å². The highest BCUT2D eigenvalue weighted by Crippen LogP contribution is 2.19. The van der Waals surface area contributed by atoms with Crippen LogP contribution in [0.2, 0.25) is 0 Å². The number of hydrogen-bond donors (Lipinski definition) is 2. The van der Waals surface area contributed by atoms with Crippen molar-refractivity contribution >= 4 is 11.8 Å². The Morgan fingerprint density at radius 1 is 0.773 bits per heavy atom. The number of alkyl halides is 3. The van der Waals surface area contributed by atoms with Crippen LogP contribution in [0.4, 0.5) is 13.2 Å². The molecule has 22 heavy (non-hydrogen) atoms. The molecule has 0 unspecified atom stereocenters. The lowest BCUT2D eigenvalue weighted by Crippen LogP contribution is -2.47. The van der Waals surface area contributed by atoms with Crippen molar-refractivity contribution < 1.29 is 22.8 Å². The van der Waals surface area contributed by atoms with Crippen molar-refractivity contribution in [3.8, 4) is 11.1 Å². The van der Waals surface area contributed by atoms with E-state index in [0.717, 1.165) is 11.1 Å². The zero-order valence-corrected chi connectivity index (χ0v) is 11.1. The van der Waals surface area contributed by atoms with E-state index in [2.05, 4.69) is 0 Å². The van der Waals surface area contributed by atoms with E-state index in [4.69, 9.17) is 0 Å². The Hall–Kier alpha value is -2.83. The molecular weight excluding hydrogens is 297 g/mol. The predicted octanol–water partition coefficient (Wildman–Crippen LogP) is 2.68. The molecule has 2 rings (SSSR count). The van der Waals surface area contributed by atoms with Crippen LogP contribution < -0.4 is 10.9 Å². The number of carbonyl (C=O) groups excluding carboxylic acids is 2. The van der Waals surface area contributed by atoms with E-state index in [1.54, 1.807) is 17.6 Å². The molecule has 0 heterocycles. The molecule has 0 bridgehead atoms. The highest BCUT2D eigenvalue weighted by molar-refractivity contribution is 5.96. The number of hydrazine groups is 1. The molecule has 0 atom stereocenters. The fourth-order valence-electron chi connectivity index (χ4n) is 1.70. The monoisotopic (exact) mass is 308 g/mol. The number of hydrogen-bond acceptors (Lipinski definition) is 2. The fraction of sp³-hybridized carbons (Fsp3) is 0.0667. The maximum Gasteiger partial charge on any atom is 0.472 e.